The van der Waals surface area contributed by atoms with Crippen molar-refractivity contribution in [1.29, 1.82) is 0 Å². The van der Waals surface area contributed by atoms with Gasteiger partial charge in [-0.2, -0.15) is 0 Å². The maximum absolute atomic E-state index is 3.17. The van der Waals surface area contributed by atoms with Crippen LogP contribution >= 0.6 is 0 Å². The molecule has 1 heterocycles. The summed E-state index contributed by atoms with van der Waals surface area (Å²) in [6.07, 6.45) is 8.73. The van der Waals surface area contributed by atoms with E-state index < -0.39 is 0 Å². The van der Waals surface area contributed by atoms with E-state index >= 15 is 0 Å². The van der Waals surface area contributed by atoms with Crippen LogP contribution in [0.2, 0.25) is 0 Å². The lowest BCUT2D eigenvalue weighted by molar-refractivity contribution is 0.815. The Kier molecular flexibility index (Phi) is 2.37. The predicted octanol–water partition coefficient (Wildman–Crippen LogP) is 1.83. The third-order valence-corrected chi connectivity index (χ3v) is 1.45. The topological polar surface area (TPSA) is 12.0 Å². The van der Waals surface area contributed by atoms with E-state index in [0.717, 1.165) is 6.54 Å². The molecular weight excluding hydrogens is 110 g/mol. The Morgan fingerprint density at radius 2 is 2.56 bits per heavy atom. The Bertz CT molecular complexity index is 134. The summed E-state index contributed by atoms with van der Waals surface area (Å²) in [5, 5.41) is 3.17. The molecule has 0 bridgehead atoms. The summed E-state index contributed by atoms with van der Waals surface area (Å²) >= 11 is 0. The number of nitrogens with one attached hydrogen (secondary N) is 1. The van der Waals surface area contributed by atoms with Gasteiger partial charge in [-0.15, -0.1) is 0 Å². The molecule has 1 N–H and O–H groups in total. The van der Waals surface area contributed by atoms with Gasteiger partial charge in [0, 0.05) is 6.54 Å². The molecule has 0 atom stereocenters. The highest BCUT2D eigenvalue weighted by Gasteiger charge is 1.94. The fourth-order valence-electron chi connectivity index (χ4n) is 0.994. The second-order valence-corrected chi connectivity index (χ2v) is 2.31. The molecule has 1 aliphatic heterocycles. The lowest BCUT2D eigenvalue weighted by atomic mass is 10.1. The first-order valence-corrected chi connectivity index (χ1v) is 3.51. The lowest BCUT2D eigenvalue weighted by Gasteiger charge is -2.08. The van der Waals surface area contributed by atoms with Gasteiger partial charge in [0.25, 0.3) is 0 Å². The molecule has 0 aliphatic carbocycles. The summed E-state index contributed by atoms with van der Waals surface area (Å²) in [5.41, 5.74) is 1.51. The molecule has 1 rings (SSSR count). The first-order valence-electron chi connectivity index (χ1n) is 3.51. The summed E-state index contributed by atoms with van der Waals surface area (Å²) in [4.78, 5) is 0. The molecule has 0 fully saturated rings. The van der Waals surface area contributed by atoms with Crippen LogP contribution in [0.4, 0.5) is 0 Å². The van der Waals surface area contributed by atoms with Crippen molar-refractivity contribution in [3.63, 3.8) is 0 Å². The summed E-state index contributed by atoms with van der Waals surface area (Å²) in [6, 6.07) is 0. The standard InChI is InChI=1S/C8H13N/c1-2-4-8-5-3-6-9-7-8/h3,5-6,9H,2,4,7H2,1H3. The molecule has 0 saturated heterocycles. The Balaban J connectivity index is 2.38. The summed E-state index contributed by atoms with van der Waals surface area (Å²) in [6.45, 7) is 3.25. The molecule has 1 heteroatoms. The summed E-state index contributed by atoms with van der Waals surface area (Å²) in [5.74, 6) is 0. The zero-order chi connectivity index (χ0) is 6.53. The van der Waals surface area contributed by atoms with E-state index in [4.69, 9.17) is 0 Å². The van der Waals surface area contributed by atoms with Gasteiger partial charge in [0.1, 0.15) is 0 Å². The zero-order valence-electron chi connectivity index (χ0n) is 5.85. The monoisotopic (exact) mass is 123 g/mol. The molecule has 0 aromatic heterocycles. The van der Waals surface area contributed by atoms with E-state index in [0.29, 0.717) is 0 Å². The van der Waals surface area contributed by atoms with Gasteiger partial charge in [-0.3, -0.25) is 0 Å². The molecule has 0 spiro atoms. The van der Waals surface area contributed by atoms with Gasteiger partial charge in [0.05, 0.1) is 0 Å². The van der Waals surface area contributed by atoms with Gasteiger partial charge in [0.2, 0.25) is 0 Å². The van der Waals surface area contributed by atoms with Gasteiger partial charge in [-0.05, 0) is 18.7 Å². The normalized spacial score (nSPS) is 16.8. The van der Waals surface area contributed by atoms with E-state index in [1.54, 1.807) is 0 Å². The van der Waals surface area contributed by atoms with Crippen molar-refractivity contribution < 1.29 is 0 Å². The third kappa shape index (κ3) is 1.92. The maximum atomic E-state index is 3.17. The number of rotatable bonds is 2. The van der Waals surface area contributed by atoms with Gasteiger partial charge >= 0.3 is 0 Å². The van der Waals surface area contributed by atoms with Crippen LogP contribution in [0.15, 0.2) is 23.9 Å². The second kappa shape index (κ2) is 3.33. The predicted molar refractivity (Wildman–Crippen MR) is 40.1 cm³/mol. The molecule has 0 unspecified atom stereocenters. The minimum Gasteiger partial charge on any atom is -0.387 e. The van der Waals surface area contributed by atoms with Crippen molar-refractivity contribution in [1.82, 2.24) is 5.32 Å². The average Bonchev–Trinajstić information content (AvgIpc) is 1.91. The number of dihydropyridines is 1. The molecule has 50 valence electrons. The zero-order valence-corrected chi connectivity index (χ0v) is 5.85. The van der Waals surface area contributed by atoms with Crippen LogP contribution in [0.5, 0.6) is 0 Å². The minimum absolute atomic E-state index is 1.05. The number of hydrogen-bond donors (Lipinski definition) is 1. The highest BCUT2D eigenvalue weighted by atomic mass is 14.8. The average molecular weight is 123 g/mol. The van der Waals surface area contributed by atoms with Gasteiger partial charge in [0.15, 0.2) is 0 Å². The molecule has 0 aromatic rings. The fraction of sp³-hybridized carbons (Fsp3) is 0.500. The Morgan fingerprint density at radius 3 is 3.11 bits per heavy atom. The van der Waals surface area contributed by atoms with E-state index in [9.17, 15) is 0 Å². The van der Waals surface area contributed by atoms with Gasteiger partial charge in [-0.1, -0.05) is 25.0 Å². The van der Waals surface area contributed by atoms with Gasteiger partial charge < -0.3 is 5.32 Å². The molecule has 1 aliphatic rings. The maximum Gasteiger partial charge on any atom is 0.0357 e. The van der Waals surface area contributed by atoms with Crippen LogP contribution in [0.3, 0.4) is 0 Å². The van der Waals surface area contributed by atoms with E-state index in [1.165, 1.54) is 18.4 Å². The van der Waals surface area contributed by atoms with Gasteiger partial charge in [-0.25, -0.2) is 0 Å². The highest BCUT2D eigenvalue weighted by molar-refractivity contribution is 5.17. The molecular formula is C8H13N. The van der Waals surface area contributed by atoms with Crippen molar-refractivity contribution in [2.75, 3.05) is 6.54 Å². The van der Waals surface area contributed by atoms with E-state index in [-0.39, 0.29) is 0 Å². The second-order valence-electron chi connectivity index (χ2n) is 2.31. The Hall–Kier alpha value is -0.720. The number of allylic oxidation sites excluding steroid dienone is 2. The van der Waals surface area contributed by atoms with Crippen LogP contribution < -0.4 is 5.32 Å². The van der Waals surface area contributed by atoms with Crippen LogP contribution in [0.1, 0.15) is 19.8 Å². The molecule has 0 amide bonds. The van der Waals surface area contributed by atoms with Crippen molar-refractivity contribution in [2.45, 2.75) is 19.8 Å². The quantitative estimate of drug-likeness (QED) is 0.590. The fourth-order valence-corrected chi connectivity index (χ4v) is 0.994. The van der Waals surface area contributed by atoms with Crippen molar-refractivity contribution >= 4 is 0 Å². The van der Waals surface area contributed by atoms with Crippen molar-refractivity contribution in [3.05, 3.63) is 23.9 Å². The first-order chi connectivity index (χ1) is 4.43. The molecule has 0 radical (unpaired) electrons. The van der Waals surface area contributed by atoms with E-state index in [1.807, 2.05) is 6.20 Å². The molecule has 9 heavy (non-hydrogen) atoms. The van der Waals surface area contributed by atoms with Crippen LogP contribution in [-0.4, -0.2) is 6.54 Å². The molecule has 0 aromatic carbocycles. The van der Waals surface area contributed by atoms with Crippen molar-refractivity contribution in [2.24, 2.45) is 0 Å². The highest BCUT2D eigenvalue weighted by Crippen LogP contribution is 2.05. The first kappa shape index (κ1) is 6.40. The Labute approximate surface area is 56.5 Å². The minimum atomic E-state index is 1.05. The van der Waals surface area contributed by atoms with Crippen LogP contribution in [0, 0.1) is 0 Å². The molecule has 0 saturated carbocycles. The third-order valence-electron chi connectivity index (χ3n) is 1.45. The summed E-state index contributed by atoms with van der Waals surface area (Å²) < 4.78 is 0. The Morgan fingerprint density at radius 1 is 1.67 bits per heavy atom. The largest absolute Gasteiger partial charge is 0.387 e. The van der Waals surface area contributed by atoms with Crippen LogP contribution in [-0.2, 0) is 0 Å². The lowest BCUT2D eigenvalue weighted by Crippen LogP contribution is -2.12. The smallest absolute Gasteiger partial charge is 0.0357 e. The van der Waals surface area contributed by atoms with Crippen LogP contribution in [0.25, 0.3) is 0 Å². The van der Waals surface area contributed by atoms with Crippen molar-refractivity contribution in [3.8, 4) is 0 Å². The SMILES string of the molecule is CCCC1=CC=CNC1. The summed E-state index contributed by atoms with van der Waals surface area (Å²) in [7, 11) is 0. The number of hydrogen-bond acceptors (Lipinski definition) is 1. The molecule has 1 nitrogen and oxygen atoms in total. The van der Waals surface area contributed by atoms with E-state index in [2.05, 4.69) is 24.4 Å².